The van der Waals surface area contributed by atoms with Gasteiger partial charge in [0.05, 0.1) is 0 Å². The lowest BCUT2D eigenvalue weighted by Crippen LogP contribution is -2.52. The van der Waals surface area contributed by atoms with Gasteiger partial charge in [-0.05, 0) is 43.7 Å². The van der Waals surface area contributed by atoms with E-state index in [0.29, 0.717) is 12.3 Å². The van der Waals surface area contributed by atoms with Gasteiger partial charge < -0.3 is 16.4 Å². The van der Waals surface area contributed by atoms with Gasteiger partial charge in [-0.15, -0.1) is 12.4 Å². The van der Waals surface area contributed by atoms with Crippen LogP contribution in [0, 0.1) is 11.3 Å². The van der Waals surface area contributed by atoms with Crippen molar-refractivity contribution in [1.82, 2.24) is 10.6 Å². The molecule has 0 bridgehead atoms. The lowest BCUT2D eigenvalue weighted by Gasteiger charge is -2.29. The smallest absolute Gasteiger partial charge is 0.240 e. The first kappa shape index (κ1) is 19.2. The maximum Gasteiger partial charge on any atom is 0.240 e. The minimum absolute atomic E-state index is 0. The molecule has 0 radical (unpaired) electrons. The van der Waals surface area contributed by atoms with E-state index in [1.807, 2.05) is 20.8 Å². The van der Waals surface area contributed by atoms with Crippen molar-refractivity contribution >= 4 is 24.2 Å². The minimum Gasteiger partial charge on any atom is -0.368 e. The van der Waals surface area contributed by atoms with Crippen LogP contribution in [0.5, 0.6) is 0 Å². The van der Waals surface area contributed by atoms with Crippen LogP contribution in [0.15, 0.2) is 0 Å². The molecule has 1 rings (SSSR count). The van der Waals surface area contributed by atoms with Crippen molar-refractivity contribution in [2.24, 2.45) is 17.1 Å². The van der Waals surface area contributed by atoms with Crippen LogP contribution >= 0.6 is 12.4 Å². The molecule has 0 aromatic heterocycles. The van der Waals surface area contributed by atoms with Crippen molar-refractivity contribution in [3.63, 3.8) is 0 Å². The number of piperidine rings is 1. The zero-order valence-electron chi connectivity index (χ0n) is 12.7. The number of nitrogens with two attached hydrogens (primary N) is 1. The van der Waals surface area contributed by atoms with Gasteiger partial charge in [-0.3, -0.25) is 9.59 Å². The molecule has 4 N–H and O–H groups in total. The van der Waals surface area contributed by atoms with Crippen molar-refractivity contribution in [3.05, 3.63) is 0 Å². The van der Waals surface area contributed by atoms with E-state index in [1.165, 1.54) is 0 Å². The maximum atomic E-state index is 11.9. The first-order valence-electron chi connectivity index (χ1n) is 7.10. The molecule has 6 heteroatoms. The molecule has 1 atom stereocenters. The number of hydrogen-bond acceptors (Lipinski definition) is 3. The number of rotatable bonds is 5. The molecule has 1 aliphatic heterocycles. The highest BCUT2D eigenvalue weighted by atomic mass is 35.5. The Balaban J connectivity index is 0.00000361. The topological polar surface area (TPSA) is 84.2 Å². The third kappa shape index (κ3) is 6.57. The summed E-state index contributed by atoms with van der Waals surface area (Å²) in [6.07, 6.45) is 3.63. The number of halogens is 1. The standard InChI is InChI=1S/C14H27N3O2.ClH/c1-14(2,3)12(13(15)19)17-11(18)5-4-10-6-8-16-9-7-10;/h10,12,16H,4-9H2,1-3H3,(H2,15,19)(H,17,18);1H. The average Bonchev–Trinajstić information content (AvgIpc) is 2.33. The Morgan fingerprint density at radius 2 is 1.85 bits per heavy atom. The summed E-state index contributed by atoms with van der Waals surface area (Å²) < 4.78 is 0. The quantitative estimate of drug-likeness (QED) is 0.713. The van der Waals surface area contributed by atoms with Crippen molar-refractivity contribution in [2.45, 2.75) is 52.5 Å². The third-order valence-corrected chi connectivity index (χ3v) is 3.69. The molecule has 5 nitrogen and oxygen atoms in total. The van der Waals surface area contributed by atoms with Crippen LogP contribution in [0.4, 0.5) is 0 Å². The van der Waals surface area contributed by atoms with Gasteiger partial charge in [0.1, 0.15) is 6.04 Å². The molecule has 0 spiro atoms. The van der Waals surface area contributed by atoms with Crippen molar-refractivity contribution in [1.29, 1.82) is 0 Å². The Hall–Kier alpha value is -0.810. The Kier molecular flexibility index (Phi) is 8.13. The molecule has 118 valence electrons. The van der Waals surface area contributed by atoms with Crippen LogP contribution in [0.3, 0.4) is 0 Å². The van der Waals surface area contributed by atoms with Gasteiger partial charge in [0.25, 0.3) is 0 Å². The van der Waals surface area contributed by atoms with E-state index in [4.69, 9.17) is 5.73 Å². The van der Waals surface area contributed by atoms with Gasteiger partial charge >= 0.3 is 0 Å². The number of amides is 2. The molecule has 1 fully saturated rings. The molecular weight excluding hydrogens is 278 g/mol. The Morgan fingerprint density at radius 1 is 1.30 bits per heavy atom. The number of carbonyl (C=O) groups excluding carboxylic acids is 2. The first-order chi connectivity index (χ1) is 8.80. The van der Waals surface area contributed by atoms with Gasteiger partial charge in [-0.25, -0.2) is 0 Å². The van der Waals surface area contributed by atoms with E-state index < -0.39 is 11.9 Å². The Morgan fingerprint density at radius 3 is 2.30 bits per heavy atom. The summed E-state index contributed by atoms with van der Waals surface area (Å²) in [6.45, 7) is 7.77. The monoisotopic (exact) mass is 305 g/mol. The zero-order valence-corrected chi connectivity index (χ0v) is 13.5. The maximum absolute atomic E-state index is 11.9. The molecule has 0 aromatic carbocycles. The summed E-state index contributed by atoms with van der Waals surface area (Å²) in [5, 5.41) is 6.07. The Labute approximate surface area is 127 Å². The zero-order chi connectivity index (χ0) is 14.5. The van der Waals surface area contributed by atoms with Crippen LogP contribution in [0.1, 0.15) is 46.5 Å². The summed E-state index contributed by atoms with van der Waals surface area (Å²) in [4.78, 5) is 23.3. The molecule has 1 saturated heterocycles. The number of nitrogens with one attached hydrogen (secondary N) is 2. The summed E-state index contributed by atoms with van der Waals surface area (Å²) in [5.41, 5.74) is 5.00. The second-order valence-electron chi connectivity index (χ2n) is 6.50. The molecule has 20 heavy (non-hydrogen) atoms. The van der Waals surface area contributed by atoms with E-state index in [0.717, 1.165) is 32.4 Å². The van der Waals surface area contributed by atoms with Crippen LogP contribution < -0.4 is 16.4 Å². The predicted molar refractivity (Wildman–Crippen MR) is 82.7 cm³/mol. The molecule has 1 aliphatic rings. The summed E-state index contributed by atoms with van der Waals surface area (Å²) in [7, 11) is 0. The highest BCUT2D eigenvalue weighted by Gasteiger charge is 2.31. The van der Waals surface area contributed by atoms with Crippen LogP contribution in [0.25, 0.3) is 0 Å². The average molecular weight is 306 g/mol. The summed E-state index contributed by atoms with van der Waals surface area (Å²) in [6, 6.07) is -0.604. The SMILES string of the molecule is CC(C)(C)C(NC(=O)CCC1CCNCC1)C(N)=O.Cl. The van der Waals surface area contributed by atoms with Crippen molar-refractivity contribution in [2.75, 3.05) is 13.1 Å². The normalized spacial score (nSPS) is 17.9. The lowest BCUT2D eigenvalue weighted by molar-refractivity contribution is -0.129. The second kappa shape index (κ2) is 8.47. The van der Waals surface area contributed by atoms with Gasteiger partial charge in [0.2, 0.25) is 11.8 Å². The lowest BCUT2D eigenvalue weighted by atomic mass is 9.86. The van der Waals surface area contributed by atoms with Gasteiger partial charge in [-0.1, -0.05) is 20.8 Å². The Bertz CT molecular complexity index is 323. The molecule has 0 aliphatic carbocycles. The third-order valence-electron chi connectivity index (χ3n) is 3.69. The number of carbonyl (C=O) groups is 2. The number of hydrogen-bond donors (Lipinski definition) is 3. The van der Waals surface area contributed by atoms with E-state index in [1.54, 1.807) is 0 Å². The molecule has 2 amide bonds. The first-order valence-corrected chi connectivity index (χ1v) is 7.10. The fourth-order valence-corrected chi connectivity index (χ4v) is 2.45. The van der Waals surface area contributed by atoms with E-state index in [-0.39, 0.29) is 23.7 Å². The molecule has 1 heterocycles. The molecule has 0 saturated carbocycles. The number of primary amides is 1. The van der Waals surface area contributed by atoms with Crippen LogP contribution in [-0.2, 0) is 9.59 Å². The fraction of sp³-hybridized carbons (Fsp3) is 0.857. The van der Waals surface area contributed by atoms with Crippen LogP contribution in [-0.4, -0.2) is 30.9 Å². The van der Waals surface area contributed by atoms with Crippen molar-refractivity contribution in [3.8, 4) is 0 Å². The highest BCUT2D eigenvalue weighted by Crippen LogP contribution is 2.20. The summed E-state index contributed by atoms with van der Waals surface area (Å²) >= 11 is 0. The van der Waals surface area contributed by atoms with Crippen molar-refractivity contribution < 1.29 is 9.59 Å². The molecular formula is C14H28ClN3O2. The van der Waals surface area contributed by atoms with Gasteiger partial charge in [0.15, 0.2) is 0 Å². The molecule has 0 aromatic rings. The second-order valence-corrected chi connectivity index (χ2v) is 6.50. The fourth-order valence-electron chi connectivity index (χ4n) is 2.45. The predicted octanol–water partition coefficient (Wildman–Crippen LogP) is 1.20. The highest BCUT2D eigenvalue weighted by molar-refractivity contribution is 5.87. The largest absolute Gasteiger partial charge is 0.368 e. The van der Waals surface area contributed by atoms with Gasteiger partial charge in [0, 0.05) is 6.42 Å². The van der Waals surface area contributed by atoms with E-state index >= 15 is 0 Å². The van der Waals surface area contributed by atoms with Crippen LogP contribution in [0.2, 0.25) is 0 Å². The van der Waals surface area contributed by atoms with E-state index in [2.05, 4.69) is 10.6 Å². The summed E-state index contributed by atoms with van der Waals surface area (Å²) in [5.74, 6) is 0.0774. The minimum atomic E-state index is -0.604. The molecule has 1 unspecified atom stereocenters. The van der Waals surface area contributed by atoms with E-state index in [9.17, 15) is 9.59 Å². The van der Waals surface area contributed by atoms with Gasteiger partial charge in [-0.2, -0.15) is 0 Å².